The number of rotatable bonds is 9. The molecule has 1 N–H and O–H groups in total. The van der Waals surface area contributed by atoms with Gasteiger partial charge in [-0.15, -0.1) is 0 Å². The molecule has 1 saturated heterocycles. The fraction of sp³-hybridized carbons (Fsp3) is 0.455. The van der Waals surface area contributed by atoms with E-state index in [9.17, 15) is 19.2 Å². The van der Waals surface area contributed by atoms with E-state index in [1.54, 1.807) is 29.2 Å². The number of hydrogen-bond acceptors (Lipinski definition) is 7. The van der Waals surface area contributed by atoms with Gasteiger partial charge in [-0.1, -0.05) is 20.8 Å². The van der Waals surface area contributed by atoms with Crippen LogP contribution >= 0.6 is 0 Å². The highest BCUT2D eigenvalue weighted by Crippen LogP contribution is 2.37. The molecule has 0 aliphatic carbocycles. The third-order valence-corrected chi connectivity index (χ3v) is 13.2. The van der Waals surface area contributed by atoms with Crippen LogP contribution in [-0.2, 0) is 15.8 Å². The molecule has 0 radical (unpaired) electrons. The van der Waals surface area contributed by atoms with Crippen molar-refractivity contribution in [1.82, 2.24) is 14.8 Å². The number of halogens is 1. The van der Waals surface area contributed by atoms with Crippen LogP contribution in [0.1, 0.15) is 57.6 Å². The van der Waals surface area contributed by atoms with Crippen LogP contribution in [0, 0.1) is 11.0 Å². The molecule has 1 unspecified atom stereocenters. The van der Waals surface area contributed by atoms with Crippen LogP contribution in [0.4, 0.5) is 10.2 Å². The van der Waals surface area contributed by atoms with Crippen LogP contribution in [0.2, 0.25) is 18.1 Å². The number of pyridine rings is 2. The first-order valence-electron chi connectivity index (χ1n) is 15.1. The van der Waals surface area contributed by atoms with Crippen molar-refractivity contribution in [2.45, 2.75) is 77.9 Å². The summed E-state index contributed by atoms with van der Waals surface area (Å²) in [4.78, 5) is 35.0. The van der Waals surface area contributed by atoms with Crippen molar-refractivity contribution in [2.75, 3.05) is 25.0 Å². The summed E-state index contributed by atoms with van der Waals surface area (Å²) in [5, 5.41) is 15.4. The van der Waals surface area contributed by atoms with Gasteiger partial charge in [0, 0.05) is 31.8 Å². The Morgan fingerprint density at radius 1 is 1.11 bits per heavy atom. The van der Waals surface area contributed by atoms with Crippen molar-refractivity contribution in [1.29, 1.82) is 0 Å². The maximum atomic E-state index is 13.7. The highest BCUT2D eigenvalue weighted by Gasteiger charge is 2.41. The molecule has 0 bridgehead atoms. The number of ether oxygens (including phenoxy) is 1. The summed E-state index contributed by atoms with van der Waals surface area (Å²) in [5.74, 6) is 0.558. The molecule has 2 amide bonds. The maximum absolute atomic E-state index is 13.7. The predicted octanol–water partition coefficient (Wildman–Crippen LogP) is 5.73. The van der Waals surface area contributed by atoms with Crippen LogP contribution < -0.4 is 14.8 Å². The zero-order valence-electron chi connectivity index (χ0n) is 27.4. The molecular weight excluding hydrogens is 593 g/mol. The minimum Gasteiger partial charge on any atom is -0.618 e. The lowest BCUT2D eigenvalue weighted by Crippen LogP contribution is -2.63. The number of anilines is 1. The SMILES string of the molecule is CC(C(=O)Nc1ccc(Oc2ccc(F)cc2)cn1)N1CCN(C(=O)c2cc[n+]([O-])c(CO[Si](C)(C)C(C)(C)C)c2)C(C)(C)C1. The molecule has 45 heavy (non-hydrogen) atoms. The highest BCUT2D eigenvalue weighted by atomic mass is 28.4. The Labute approximate surface area is 265 Å². The molecule has 2 aromatic heterocycles. The van der Waals surface area contributed by atoms with E-state index in [1.807, 2.05) is 25.7 Å². The van der Waals surface area contributed by atoms with Crippen LogP contribution in [0.15, 0.2) is 60.9 Å². The zero-order chi connectivity index (χ0) is 33.2. The lowest BCUT2D eigenvalue weighted by atomic mass is 9.96. The van der Waals surface area contributed by atoms with Crippen LogP contribution in [0.5, 0.6) is 11.5 Å². The fourth-order valence-electron chi connectivity index (χ4n) is 4.85. The van der Waals surface area contributed by atoms with Crippen LogP contribution in [0.25, 0.3) is 0 Å². The first-order chi connectivity index (χ1) is 21.0. The summed E-state index contributed by atoms with van der Waals surface area (Å²) in [7, 11) is -2.09. The van der Waals surface area contributed by atoms with E-state index >= 15 is 0 Å². The Balaban J connectivity index is 1.36. The van der Waals surface area contributed by atoms with Crippen molar-refractivity contribution in [2.24, 2.45) is 0 Å². The van der Waals surface area contributed by atoms with E-state index in [0.29, 0.717) is 48.2 Å². The van der Waals surface area contributed by atoms with Gasteiger partial charge in [-0.25, -0.2) is 9.37 Å². The summed E-state index contributed by atoms with van der Waals surface area (Å²) < 4.78 is 25.8. The number of piperazine rings is 1. The number of aromatic nitrogens is 2. The Bertz CT molecular complexity index is 1510. The Hall–Kier alpha value is -3.87. The average molecular weight is 638 g/mol. The summed E-state index contributed by atoms with van der Waals surface area (Å²) in [5.41, 5.74) is 0.250. The van der Waals surface area contributed by atoms with E-state index in [1.165, 1.54) is 36.7 Å². The molecule has 1 aliphatic heterocycles. The van der Waals surface area contributed by atoms with Crippen molar-refractivity contribution in [3.63, 3.8) is 0 Å². The van der Waals surface area contributed by atoms with E-state index in [0.717, 1.165) is 4.73 Å². The monoisotopic (exact) mass is 637 g/mol. The number of nitrogens with one attached hydrogen (secondary N) is 1. The van der Waals surface area contributed by atoms with Crippen molar-refractivity contribution < 1.29 is 27.9 Å². The summed E-state index contributed by atoms with van der Waals surface area (Å²) in [6.45, 7) is 18.0. The zero-order valence-corrected chi connectivity index (χ0v) is 28.4. The standard InChI is InChI=1S/C33H44FN5O5Si/c1-23(30(40)36-29-14-13-28(20-35-29)44-27-11-9-25(34)10-12-27)37-17-18-38(33(5,6)22-37)31(41)24-15-16-39(42)26(19-24)21-43-45(7,8)32(2,3)4/h9-16,19-20,23H,17-18,21-22H2,1-8H3,(H,35,36,40). The molecule has 0 spiro atoms. The maximum Gasteiger partial charge on any atom is 0.254 e. The minimum absolute atomic E-state index is 0.00575. The molecule has 1 aliphatic rings. The minimum atomic E-state index is -2.09. The largest absolute Gasteiger partial charge is 0.618 e. The normalized spacial score (nSPS) is 16.2. The quantitative estimate of drug-likeness (QED) is 0.181. The molecule has 1 aromatic carbocycles. The van der Waals surface area contributed by atoms with Gasteiger partial charge < -0.3 is 24.6 Å². The first kappa shape index (κ1) is 34.0. The van der Waals surface area contributed by atoms with Crippen LogP contribution in [0.3, 0.4) is 0 Å². The Kier molecular flexibility index (Phi) is 10.0. The molecule has 1 fully saturated rings. The van der Waals surface area contributed by atoms with Gasteiger partial charge in [0.1, 0.15) is 29.7 Å². The second kappa shape index (κ2) is 13.2. The summed E-state index contributed by atoms with van der Waals surface area (Å²) >= 11 is 0. The van der Waals surface area contributed by atoms with Gasteiger partial charge in [-0.3, -0.25) is 14.5 Å². The van der Waals surface area contributed by atoms with Gasteiger partial charge in [-0.2, -0.15) is 4.73 Å². The van der Waals surface area contributed by atoms with Gasteiger partial charge in [0.2, 0.25) is 11.6 Å². The average Bonchev–Trinajstić information content (AvgIpc) is 2.97. The summed E-state index contributed by atoms with van der Waals surface area (Å²) in [6.07, 6.45) is 2.85. The molecule has 242 valence electrons. The Morgan fingerprint density at radius 2 is 1.78 bits per heavy atom. The number of benzene rings is 1. The van der Waals surface area contributed by atoms with E-state index in [2.05, 4.69) is 44.2 Å². The lowest BCUT2D eigenvalue weighted by Gasteiger charge is -2.48. The predicted molar refractivity (Wildman–Crippen MR) is 173 cm³/mol. The van der Waals surface area contributed by atoms with Gasteiger partial charge in [0.25, 0.3) is 5.91 Å². The molecule has 3 aromatic rings. The molecule has 10 nitrogen and oxygen atoms in total. The van der Waals surface area contributed by atoms with Gasteiger partial charge >= 0.3 is 0 Å². The number of amides is 2. The third-order valence-electron chi connectivity index (χ3n) is 8.77. The first-order valence-corrected chi connectivity index (χ1v) is 18.0. The van der Waals surface area contributed by atoms with Gasteiger partial charge in [-0.05, 0) is 75.3 Å². The second-order valence-electron chi connectivity index (χ2n) is 13.6. The third kappa shape index (κ3) is 8.24. The number of nitrogens with zero attached hydrogens (tertiary/aromatic N) is 4. The van der Waals surface area contributed by atoms with Gasteiger partial charge in [0.05, 0.1) is 23.3 Å². The van der Waals surface area contributed by atoms with E-state index in [4.69, 9.17) is 9.16 Å². The molecule has 12 heteroatoms. The van der Waals surface area contributed by atoms with Crippen molar-refractivity contribution in [3.8, 4) is 11.5 Å². The Morgan fingerprint density at radius 3 is 2.38 bits per heavy atom. The highest BCUT2D eigenvalue weighted by molar-refractivity contribution is 6.74. The van der Waals surface area contributed by atoms with E-state index < -0.39 is 19.9 Å². The summed E-state index contributed by atoms with van der Waals surface area (Å²) in [6, 6.07) is 11.7. The molecule has 4 rings (SSSR count). The lowest BCUT2D eigenvalue weighted by molar-refractivity contribution is -0.616. The second-order valence-corrected chi connectivity index (χ2v) is 18.4. The molecule has 3 heterocycles. The van der Waals surface area contributed by atoms with E-state index in [-0.39, 0.29) is 29.3 Å². The fourth-order valence-corrected chi connectivity index (χ4v) is 5.79. The molecule has 0 saturated carbocycles. The van der Waals surface area contributed by atoms with Gasteiger partial charge in [0.15, 0.2) is 14.5 Å². The van der Waals surface area contributed by atoms with Crippen LogP contribution in [-0.4, -0.2) is 66.1 Å². The van der Waals surface area contributed by atoms with Crippen molar-refractivity contribution in [3.05, 3.63) is 83.2 Å². The molecule has 1 atom stereocenters. The molecular formula is C33H44FN5O5Si. The van der Waals surface area contributed by atoms with Crippen molar-refractivity contribution >= 4 is 25.9 Å². The number of carbonyl (C=O) groups excluding carboxylic acids is 2. The number of carbonyl (C=O) groups is 2. The smallest absolute Gasteiger partial charge is 0.254 e. The topological polar surface area (TPSA) is 111 Å². The number of hydrogen-bond donors (Lipinski definition) is 1.